The van der Waals surface area contributed by atoms with Crippen LogP contribution in [0.25, 0.3) is 22.2 Å². The van der Waals surface area contributed by atoms with Crippen LogP contribution in [0.15, 0.2) is 59.5 Å². The van der Waals surface area contributed by atoms with Crippen LogP contribution in [0.5, 0.6) is 11.5 Å². The Balaban J connectivity index is 1.60. The van der Waals surface area contributed by atoms with Gasteiger partial charge in [0.25, 0.3) is 5.56 Å². The van der Waals surface area contributed by atoms with Crippen LogP contribution < -0.4 is 20.3 Å². The first-order chi connectivity index (χ1) is 13.7. The first kappa shape index (κ1) is 16.3. The summed E-state index contributed by atoms with van der Waals surface area (Å²) in [6.07, 6.45) is 1.64. The average Bonchev–Trinajstić information content (AvgIpc) is 3.15. The number of fused-ring (bicyclic) bond motifs is 2. The van der Waals surface area contributed by atoms with Crippen molar-refractivity contribution in [1.29, 1.82) is 0 Å². The molecule has 2 aromatic carbocycles. The number of ether oxygens (including phenoxy) is 2. The summed E-state index contributed by atoms with van der Waals surface area (Å²) in [6, 6.07) is 15.2. The Bertz CT molecular complexity index is 1270. The molecule has 7 nitrogen and oxygen atoms in total. The highest BCUT2D eigenvalue weighted by molar-refractivity contribution is 5.92. The van der Waals surface area contributed by atoms with E-state index in [2.05, 4.69) is 20.3 Å². The van der Waals surface area contributed by atoms with E-state index in [4.69, 9.17) is 9.47 Å². The summed E-state index contributed by atoms with van der Waals surface area (Å²) in [5.74, 6) is 1.70. The van der Waals surface area contributed by atoms with Crippen LogP contribution in [0, 0.1) is 6.92 Å². The van der Waals surface area contributed by atoms with Crippen molar-refractivity contribution in [2.24, 2.45) is 0 Å². The normalized spacial score (nSPS) is 12.3. The van der Waals surface area contributed by atoms with Crippen molar-refractivity contribution >= 4 is 22.7 Å². The molecule has 1 aliphatic rings. The maximum Gasteiger partial charge on any atom is 0.262 e. The maximum absolute atomic E-state index is 12.9. The fourth-order valence-corrected chi connectivity index (χ4v) is 3.29. The molecule has 1 aliphatic heterocycles. The maximum atomic E-state index is 12.9. The minimum Gasteiger partial charge on any atom is -0.454 e. The third-order valence-electron chi connectivity index (χ3n) is 4.57. The van der Waals surface area contributed by atoms with Gasteiger partial charge in [0.15, 0.2) is 17.1 Å². The van der Waals surface area contributed by atoms with Crippen molar-refractivity contribution < 1.29 is 9.47 Å². The molecule has 28 heavy (non-hydrogen) atoms. The van der Waals surface area contributed by atoms with Gasteiger partial charge in [-0.05, 0) is 53.9 Å². The first-order valence-electron chi connectivity index (χ1n) is 8.80. The number of benzene rings is 2. The summed E-state index contributed by atoms with van der Waals surface area (Å²) in [5, 5.41) is 3.55. The van der Waals surface area contributed by atoms with Gasteiger partial charge in [0, 0.05) is 11.9 Å². The van der Waals surface area contributed by atoms with E-state index in [1.54, 1.807) is 12.3 Å². The topological polar surface area (TPSA) is 89.1 Å². The molecule has 0 bridgehead atoms. The second-order valence-electron chi connectivity index (χ2n) is 6.53. The number of aryl methyl sites for hydroxylation is 1. The molecule has 0 atom stereocenters. The Hall–Kier alpha value is -3.87. The summed E-state index contributed by atoms with van der Waals surface area (Å²) in [4.78, 5) is 24.4. The van der Waals surface area contributed by atoms with Crippen LogP contribution in [0.4, 0.5) is 11.6 Å². The molecule has 0 radical (unpaired) electrons. The molecule has 0 saturated carbocycles. The quantitative estimate of drug-likeness (QED) is 0.569. The van der Waals surface area contributed by atoms with Gasteiger partial charge in [-0.3, -0.25) is 9.78 Å². The van der Waals surface area contributed by atoms with E-state index in [0.29, 0.717) is 28.5 Å². The third kappa shape index (κ3) is 2.83. The largest absolute Gasteiger partial charge is 0.454 e. The lowest BCUT2D eigenvalue weighted by atomic mass is 10.0. The number of nitrogens with zero attached hydrogens (tertiary/aromatic N) is 2. The number of aromatic amines is 1. The number of H-pyrrole nitrogens is 1. The second-order valence-corrected chi connectivity index (χ2v) is 6.53. The van der Waals surface area contributed by atoms with Gasteiger partial charge in [0.1, 0.15) is 0 Å². The zero-order valence-electron chi connectivity index (χ0n) is 15.0. The van der Waals surface area contributed by atoms with Crippen LogP contribution in [0.3, 0.4) is 0 Å². The van der Waals surface area contributed by atoms with E-state index in [1.165, 1.54) is 0 Å². The lowest BCUT2D eigenvalue weighted by molar-refractivity contribution is 0.174. The fourth-order valence-electron chi connectivity index (χ4n) is 3.29. The summed E-state index contributed by atoms with van der Waals surface area (Å²) in [5.41, 5.74) is 3.63. The number of rotatable bonds is 3. The van der Waals surface area contributed by atoms with Crippen LogP contribution >= 0.6 is 0 Å². The Morgan fingerprint density at radius 1 is 1.07 bits per heavy atom. The van der Waals surface area contributed by atoms with Gasteiger partial charge in [-0.1, -0.05) is 18.2 Å². The molecule has 4 aromatic rings. The Morgan fingerprint density at radius 3 is 2.86 bits per heavy atom. The Labute approximate surface area is 160 Å². The Morgan fingerprint density at radius 2 is 1.96 bits per heavy atom. The lowest BCUT2D eigenvalue weighted by Gasteiger charge is -2.09. The average molecular weight is 372 g/mol. The van der Waals surface area contributed by atoms with E-state index in [1.807, 2.05) is 49.4 Å². The summed E-state index contributed by atoms with van der Waals surface area (Å²) >= 11 is 0. The van der Waals surface area contributed by atoms with Crippen LogP contribution in [-0.2, 0) is 0 Å². The van der Waals surface area contributed by atoms with Crippen LogP contribution in [0.1, 0.15) is 5.56 Å². The highest BCUT2D eigenvalue weighted by atomic mass is 16.7. The van der Waals surface area contributed by atoms with Crippen molar-refractivity contribution in [3.63, 3.8) is 0 Å². The zero-order valence-corrected chi connectivity index (χ0v) is 15.0. The molecule has 0 saturated heterocycles. The molecule has 0 amide bonds. The summed E-state index contributed by atoms with van der Waals surface area (Å²) in [6.45, 7) is 2.20. The van der Waals surface area contributed by atoms with E-state index < -0.39 is 0 Å². The molecule has 0 unspecified atom stereocenters. The van der Waals surface area contributed by atoms with Crippen molar-refractivity contribution in [3.8, 4) is 22.6 Å². The molecule has 138 valence electrons. The van der Waals surface area contributed by atoms with Crippen molar-refractivity contribution in [3.05, 3.63) is 70.6 Å². The van der Waals surface area contributed by atoms with Gasteiger partial charge in [-0.25, -0.2) is 4.98 Å². The minimum atomic E-state index is -0.263. The molecule has 0 spiro atoms. The highest BCUT2D eigenvalue weighted by Gasteiger charge is 2.17. The van der Waals surface area contributed by atoms with Gasteiger partial charge in [0.2, 0.25) is 12.7 Å². The monoisotopic (exact) mass is 372 g/mol. The van der Waals surface area contributed by atoms with Crippen molar-refractivity contribution in [1.82, 2.24) is 15.0 Å². The fraction of sp³-hybridized carbons (Fsp3) is 0.0952. The van der Waals surface area contributed by atoms with E-state index >= 15 is 0 Å². The smallest absolute Gasteiger partial charge is 0.262 e. The number of anilines is 2. The van der Waals surface area contributed by atoms with Gasteiger partial charge in [0.05, 0.1) is 5.39 Å². The predicted octanol–water partition coefficient (Wildman–Crippen LogP) is 3.77. The predicted molar refractivity (Wildman–Crippen MR) is 106 cm³/mol. The SMILES string of the molecule is Cc1cccc(Nc2nc3nccc(-c4ccc5c(c4)OCO5)c3c(=O)[nH]2)c1. The number of hydrogen-bond donors (Lipinski definition) is 2. The zero-order chi connectivity index (χ0) is 19.1. The summed E-state index contributed by atoms with van der Waals surface area (Å²) < 4.78 is 10.8. The van der Waals surface area contributed by atoms with Crippen molar-refractivity contribution in [2.75, 3.05) is 12.1 Å². The molecular weight excluding hydrogens is 356 g/mol. The molecule has 2 N–H and O–H groups in total. The van der Waals surface area contributed by atoms with Gasteiger partial charge in [-0.2, -0.15) is 4.98 Å². The molecule has 0 aliphatic carbocycles. The highest BCUT2D eigenvalue weighted by Crippen LogP contribution is 2.37. The third-order valence-corrected chi connectivity index (χ3v) is 4.57. The summed E-state index contributed by atoms with van der Waals surface area (Å²) in [7, 11) is 0. The molecule has 0 fully saturated rings. The number of aromatic nitrogens is 3. The molecular formula is C21H16N4O3. The van der Waals surface area contributed by atoms with Gasteiger partial charge < -0.3 is 14.8 Å². The minimum absolute atomic E-state index is 0.200. The molecule has 7 heteroatoms. The first-order valence-corrected chi connectivity index (χ1v) is 8.80. The van der Waals surface area contributed by atoms with E-state index in [9.17, 15) is 4.79 Å². The van der Waals surface area contributed by atoms with E-state index in [0.717, 1.165) is 22.4 Å². The molecule has 2 aromatic heterocycles. The second kappa shape index (κ2) is 6.38. The number of pyridine rings is 1. The number of nitrogens with one attached hydrogen (secondary N) is 2. The van der Waals surface area contributed by atoms with Crippen LogP contribution in [-0.4, -0.2) is 21.7 Å². The van der Waals surface area contributed by atoms with Crippen molar-refractivity contribution in [2.45, 2.75) is 6.92 Å². The number of hydrogen-bond acceptors (Lipinski definition) is 6. The standard InChI is InChI=1S/C21H16N4O3/c1-12-3-2-4-14(9-12)23-21-24-19-18(20(26)25-21)15(7-8-22-19)13-5-6-16-17(10-13)28-11-27-16/h2-10H,11H2,1H3,(H2,22,23,24,25,26). The molecule has 5 rings (SSSR count). The Kier molecular flexibility index (Phi) is 3.72. The van der Waals surface area contributed by atoms with Crippen LogP contribution in [0.2, 0.25) is 0 Å². The van der Waals surface area contributed by atoms with Gasteiger partial charge >= 0.3 is 0 Å². The molecule has 3 heterocycles. The lowest BCUT2D eigenvalue weighted by Crippen LogP contribution is -2.13. The van der Waals surface area contributed by atoms with E-state index in [-0.39, 0.29) is 12.4 Å². The van der Waals surface area contributed by atoms with Gasteiger partial charge in [-0.15, -0.1) is 0 Å².